The first-order valence-corrected chi connectivity index (χ1v) is 5.70. The van der Waals surface area contributed by atoms with Gasteiger partial charge < -0.3 is 4.57 Å². The van der Waals surface area contributed by atoms with Crippen molar-refractivity contribution in [3.63, 3.8) is 0 Å². The maximum Gasteiger partial charge on any atom is 0.159 e. The number of rotatable bonds is 1. The van der Waals surface area contributed by atoms with Crippen molar-refractivity contribution in [2.24, 2.45) is 7.05 Å². The summed E-state index contributed by atoms with van der Waals surface area (Å²) in [4.78, 5) is 8.81. The minimum atomic E-state index is -0.232. The molecule has 18 heavy (non-hydrogen) atoms. The topological polar surface area (TPSA) is 30.7 Å². The Kier molecular flexibility index (Phi) is 2.37. The highest BCUT2D eigenvalue weighted by atomic mass is 19.1. The minimum Gasteiger partial charge on any atom is -0.327 e. The molecule has 0 N–H and O–H groups in total. The zero-order chi connectivity index (χ0) is 12.7. The van der Waals surface area contributed by atoms with Crippen molar-refractivity contribution in [2.75, 3.05) is 0 Å². The van der Waals surface area contributed by atoms with E-state index in [1.165, 1.54) is 12.1 Å². The quantitative estimate of drug-likeness (QED) is 0.655. The number of aromatic nitrogens is 3. The zero-order valence-corrected chi connectivity index (χ0v) is 10.2. The number of hydrogen-bond acceptors (Lipinski definition) is 2. The molecule has 90 valence electrons. The van der Waals surface area contributed by atoms with Crippen LogP contribution in [-0.4, -0.2) is 14.5 Å². The number of halogens is 1. The van der Waals surface area contributed by atoms with Crippen LogP contribution < -0.4 is 0 Å². The summed E-state index contributed by atoms with van der Waals surface area (Å²) in [5, 5.41) is 0. The molecule has 3 nitrogen and oxygen atoms in total. The van der Waals surface area contributed by atoms with Crippen molar-refractivity contribution in [3.05, 3.63) is 48.0 Å². The molecule has 0 saturated heterocycles. The lowest BCUT2D eigenvalue weighted by Crippen LogP contribution is -1.94. The summed E-state index contributed by atoms with van der Waals surface area (Å²) >= 11 is 0. The van der Waals surface area contributed by atoms with Crippen LogP contribution in [0.1, 0.15) is 5.69 Å². The van der Waals surface area contributed by atoms with E-state index in [-0.39, 0.29) is 5.82 Å². The molecule has 0 unspecified atom stereocenters. The van der Waals surface area contributed by atoms with Crippen LogP contribution in [0.2, 0.25) is 0 Å². The highest BCUT2D eigenvalue weighted by Crippen LogP contribution is 2.25. The smallest absolute Gasteiger partial charge is 0.159 e. The molecule has 0 atom stereocenters. The van der Waals surface area contributed by atoms with Gasteiger partial charge in [0.25, 0.3) is 0 Å². The SMILES string of the molecule is Cc1cnc2cc(-c3ccc(F)cc3)n(C)c2n1. The molecular formula is C14H12FN3. The molecule has 0 aliphatic rings. The number of aryl methyl sites for hydroxylation is 2. The summed E-state index contributed by atoms with van der Waals surface area (Å²) < 4.78 is 14.9. The standard InChI is InChI=1S/C14H12FN3/c1-9-8-16-12-7-13(18(2)14(12)17-9)10-3-5-11(15)6-4-10/h3-8H,1-2H3. The van der Waals surface area contributed by atoms with Crippen LogP contribution in [-0.2, 0) is 7.05 Å². The van der Waals surface area contributed by atoms with E-state index in [1.807, 2.05) is 24.6 Å². The first-order valence-electron chi connectivity index (χ1n) is 5.70. The second-order valence-corrected chi connectivity index (χ2v) is 4.32. The molecule has 2 aromatic heterocycles. The van der Waals surface area contributed by atoms with Crippen molar-refractivity contribution in [3.8, 4) is 11.3 Å². The average Bonchev–Trinajstić information content (AvgIpc) is 2.68. The predicted octanol–water partition coefficient (Wildman–Crippen LogP) is 3.08. The first kappa shape index (κ1) is 10.9. The second kappa shape index (κ2) is 3.91. The molecule has 0 bridgehead atoms. The van der Waals surface area contributed by atoms with Crippen LogP contribution in [0, 0.1) is 12.7 Å². The summed E-state index contributed by atoms with van der Waals surface area (Å²) in [6.45, 7) is 1.91. The van der Waals surface area contributed by atoms with E-state index in [4.69, 9.17) is 0 Å². The van der Waals surface area contributed by atoms with Gasteiger partial charge in [-0.15, -0.1) is 0 Å². The van der Waals surface area contributed by atoms with E-state index in [2.05, 4.69) is 9.97 Å². The van der Waals surface area contributed by atoms with E-state index in [0.717, 1.165) is 28.1 Å². The fraction of sp³-hybridized carbons (Fsp3) is 0.143. The molecule has 0 amide bonds. The second-order valence-electron chi connectivity index (χ2n) is 4.32. The van der Waals surface area contributed by atoms with E-state index in [0.29, 0.717) is 0 Å². The highest BCUT2D eigenvalue weighted by molar-refractivity contribution is 5.80. The van der Waals surface area contributed by atoms with Crippen LogP contribution in [0.5, 0.6) is 0 Å². The van der Waals surface area contributed by atoms with E-state index < -0.39 is 0 Å². The van der Waals surface area contributed by atoms with Gasteiger partial charge in [-0.05, 0) is 42.8 Å². The molecule has 1 aromatic carbocycles. The summed E-state index contributed by atoms with van der Waals surface area (Å²) in [6.07, 6.45) is 1.75. The molecule has 0 fully saturated rings. The molecule has 2 heterocycles. The Morgan fingerprint density at radius 2 is 1.89 bits per heavy atom. The molecule has 0 radical (unpaired) electrons. The van der Waals surface area contributed by atoms with Crippen molar-refractivity contribution in [2.45, 2.75) is 6.92 Å². The lowest BCUT2D eigenvalue weighted by Gasteiger charge is -2.03. The molecule has 0 aliphatic carbocycles. The van der Waals surface area contributed by atoms with Crippen molar-refractivity contribution in [1.82, 2.24) is 14.5 Å². The summed E-state index contributed by atoms with van der Waals surface area (Å²) in [5.74, 6) is -0.232. The van der Waals surface area contributed by atoms with Crippen molar-refractivity contribution >= 4 is 11.2 Å². The van der Waals surface area contributed by atoms with E-state index in [9.17, 15) is 4.39 Å². The lowest BCUT2D eigenvalue weighted by molar-refractivity contribution is 0.628. The maximum absolute atomic E-state index is 12.9. The van der Waals surface area contributed by atoms with Gasteiger partial charge >= 0.3 is 0 Å². The predicted molar refractivity (Wildman–Crippen MR) is 68.6 cm³/mol. The fourth-order valence-corrected chi connectivity index (χ4v) is 2.06. The third-order valence-corrected chi connectivity index (χ3v) is 2.99. The Bertz CT molecular complexity index is 714. The largest absolute Gasteiger partial charge is 0.327 e. The normalized spacial score (nSPS) is 11.1. The molecule has 0 aliphatic heterocycles. The Hall–Kier alpha value is -2.23. The third-order valence-electron chi connectivity index (χ3n) is 2.99. The first-order chi connectivity index (χ1) is 8.65. The minimum absolute atomic E-state index is 0.232. The van der Waals surface area contributed by atoms with Gasteiger partial charge in [0.2, 0.25) is 0 Å². The third kappa shape index (κ3) is 1.66. The fourth-order valence-electron chi connectivity index (χ4n) is 2.06. The molecule has 0 saturated carbocycles. The van der Waals surface area contributed by atoms with E-state index in [1.54, 1.807) is 18.3 Å². The average molecular weight is 241 g/mol. The van der Waals surface area contributed by atoms with Gasteiger partial charge in [-0.2, -0.15) is 0 Å². The van der Waals surface area contributed by atoms with Crippen LogP contribution >= 0.6 is 0 Å². The van der Waals surface area contributed by atoms with Gasteiger partial charge in [-0.1, -0.05) is 0 Å². The van der Waals surface area contributed by atoms with E-state index >= 15 is 0 Å². The molecule has 4 heteroatoms. The van der Waals surface area contributed by atoms with Crippen LogP contribution in [0.3, 0.4) is 0 Å². The van der Waals surface area contributed by atoms with Gasteiger partial charge in [0.15, 0.2) is 5.65 Å². The number of nitrogens with zero attached hydrogens (tertiary/aromatic N) is 3. The van der Waals surface area contributed by atoms with Gasteiger partial charge in [0, 0.05) is 13.2 Å². The van der Waals surface area contributed by atoms with Crippen molar-refractivity contribution < 1.29 is 4.39 Å². The van der Waals surface area contributed by atoms with Gasteiger partial charge in [0.05, 0.1) is 11.4 Å². The monoisotopic (exact) mass is 241 g/mol. The summed E-state index contributed by atoms with van der Waals surface area (Å²) in [6, 6.07) is 8.40. The van der Waals surface area contributed by atoms with Gasteiger partial charge in [-0.25, -0.2) is 9.37 Å². The Balaban J connectivity index is 2.23. The maximum atomic E-state index is 12.9. The van der Waals surface area contributed by atoms with Gasteiger partial charge in [0.1, 0.15) is 11.3 Å². The highest BCUT2D eigenvalue weighted by Gasteiger charge is 2.09. The van der Waals surface area contributed by atoms with Crippen LogP contribution in [0.25, 0.3) is 22.4 Å². The molecular weight excluding hydrogens is 229 g/mol. The Labute approximate surface area is 104 Å². The number of benzene rings is 1. The summed E-state index contributed by atoms with van der Waals surface area (Å²) in [7, 11) is 1.94. The lowest BCUT2D eigenvalue weighted by atomic mass is 10.1. The van der Waals surface area contributed by atoms with Crippen molar-refractivity contribution in [1.29, 1.82) is 0 Å². The van der Waals surface area contributed by atoms with Gasteiger partial charge in [-0.3, -0.25) is 4.98 Å². The number of fused-ring (bicyclic) bond motifs is 1. The summed E-state index contributed by atoms with van der Waals surface area (Å²) in [5.41, 5.74) is 4.51. The van der Waals surface area contributed by atoms with Crippen LogP contribution in [0.15, 0.2) is 36.5 Å². The Morgan fingerprint density at radius 1 is 1.17 bits per heavy atom. The zero-order valence-electron chi connectivity index (χ0n) is 10.2. The molecule has 3 rings (SSSR count). The Morgan fingerprint density at radius 3 is 2.61 bits per heavy atom. The number of hydrogen-bond donors (Lipinski definition) is 0. The molecule has 0 spiro atoms. The molecule has 3 aromatic rings. The van der Waals surface area contributed by atoms with Crippen LogP contribution in [0.4, 0.5) is 4.39 Å².